The zero-order valence-electron chi connectivity index (χ0n) is 11.5. The van der Waals surface area contributed by atoms with Crippen LogP contribution < -0.4 is 10.6 Å². The molecule has 1 saturated carbocycles. The molecule has 1 unspecified atom stereocenters. The van der Waals surface area contributed by atoms with Gasteiger partial charge in [-0.05, 0) is 37.8 Å². The van der Waals surface area contributed by atoms with Crippen molar-refractivity contribution >= 4 is 5.91 Å². The zero-order chi connectivity index (χ0) is 13.3. The van der Waals surface area contributed by atoms with Crippen LogP contribution in [0.4, 0.5) is 0 Å². The van der Waals surface area contributed by atoms with E-state index in [2.05, 4.69) is 15.6 Å². The van der Waals surface area contributed by atoms with E-state index in [4.69, 9.17) is 0 Å². The number of imidazole rings is 1. The van der Waals surface area contributed by atoms with Crippen molar-refractivity contribution in [1.29, 1.82) is 0 Å². The number of nitrogens with zero attached hydrogens (tertiary/aromatic N) is 2. The SMILES string of the molecule is Cn1ccnc1CCNC(=O)C1CC12CCNCC2. The van der Waals surface area contributed by atoms with Crippen molar-refractivity contribution in [2.75, 3.05) is 19.6 Å². The van der Waals surface area contributed by atoms with Gasteiger partial charge in [-0.25, -0.2) is 4.98 Å². The molecule has 104 valence electrons. The highest BCUT2D eigenvalue weighted by Crippen LogP contribution is 2.58. The van der Waals surface area contributed by atoms with Gasteiger partial charge in [-0.15, -0.1) is 0 Å². The lowest BCUT2D eigenvalue weighted by Gasteiger charge is -2.23. The fourth-order valence-corrected chi connectivity index (χ4v) is 3.25. The molecule has 2 aliphatic rings. The summed E-state index contributed by atoms with van der Waals surface area (Å²) in [6, 6.07) is 0. The smallest absolute Gasteiger partial charge is 0.223 e. The first-order valence-electron chi connectivity index (χ1n) is 7.16. The molecule has 5 nitrogen and oxygen atoms in total. The molecule has 5 heteroatoms. The molecule has 1 aromatic rings. The zero-order valence-corrected chi connectivity index (χ0v) is 11.5. The van der Waals surface area contributed by atoms with Crippen molar-refractivity contribution in [1.82, 2.24) is 20.2 Å². The molecule has 1 atom stereocenters. The van der Waals surface area contributed by atoms with Gasteiger partial charge in [0.05, 0.1) is 0 Å². The summed E-state index contributed by atoms with van der Waals surface area (Å²) in [5.74, 6) is 1.53. The fraction of sp³-hybridized carbons (Fsp3) is 0.714. The normalized spacial score (nSPS) is 24.4. The predicted octanol–water partition coefficient (Wildman–Crippen LogP) is 0.469. The quantitative estimate of drug-likeness (QED) is 0.829. The van der Waals surface area contributed by atoms with E-state index < -0.39 is 0 Å². The third-order valence-corrected chi connectivity index (χ3v) is 4.67. The first-order valence-corrected chi connectivity index (χ1v) is 7.16. The number of hydrogen-bond donors (Lipinski definition) is 2. The van der Waals surface area contributed by atoms with Crippen molar-refractivity contribution < 1.29 is 4.79 Å². The maximum absolute atomic E-state index is 12.1. The molecule has 0 bridgehead atoms. The summed E-state index contributed by atoms with van der Waals surface area (Å²) in [6.45, 7) is 2.82. The van der Waals surface area contributed by atoms with E-state index >= 15 is 0 Å². The van der Waals surface area contributed by atoms with Crippen LogP contribution in [0.3, 0.4) is 0 Å². The number of carbonyl (C=O) groups is 1. The molecule has 0 aromatic carbocycles. The number of piperidine rings is 1. The number of amides is 1. The van der Waals surface area contributed by atoms with Crippen LogP contribution in [0.1, 0.15) is 25.1 Å². The lowest BCUT2D eigenvalue weighted by Crippen LogP contribution is -2.34. The Morgan fingerprint density at radius 3 is 3.05 bits per heavy atom. The minimum absolute atomic E-state index is 0.246. The third-order valence-electron chi connectivity index (χ3n) is 4.67. The average molecular weight is 262 g/mol. The summed E-state index contributed by atoms with van der Waals surface area (Å²) in [7, 11) is 1.98. The molecular weight excluding hydrogens is 240 g/mol. The van der Waals surface area contributed by atoms with E-state index in [0.717, 1.165) is 44.6 Å². The van der Waals surface area contributed by atoms with Gasteiger partial charge >= 0.3 is 0 Å². The Balaban J connectivity index is 1.44. The summed E-state index contributed by atoms with van der Waals surface area (Å²) in [5.41, 5.74) is 0.332. The van der Waals surface area contributed by atoms with E-state index in [1.165, 1.54) is 0 Å². The highest BCUT2D eigenvalue weighted by molar-refractivity contribution is 5.82. The van der Waals surface area contributed by atoms with Crippen LogP contribution in [0.25, 0.3) is 0 Å². The van der Waals surface area contributed by atoms with Crippen molar-refractivity contribution in [2.45, 2.75) is 25.7 Å². The molecule has 1 aliphatic heterocycles. The van der Waals surface area contributed by atoms with Gasteiger partial charge in [0.25, 0.3) is 0 Å². The van der Waals surface area contributed by atoms with Crippen LogP contribution in [-0.4, -0.2) is 35.1 Å². The minimum Gasteiger partial charge on any atom is -0.355 e. The second kappa shape index (κ2) is 4.96. The molecule has 2 heterocycles. The van der Waals surface area contributed by atoms with Crippen LogP contribution >= 0.6 is 0 Å². The van der Waals surface area contributed by atoms with Crippen molar-refractivity contribution in [3.8, 4) is 0 Å². The second-order valence-electron chi connectivity index (χ2n) is 5.86. The second-order valence-corrected chi connectivity index (χ2v) is 5.86. The van der Waals surface area contributed by atoms with E-state index in [1.807, 2.05) is 17.8 Å². The standard InChI is InChI=1S/C14H22N4O/c1-18-9-8-16-12(18)2-5-17-13(19)11-10-14(11)3-6-15-7-4-14/h8-9,11,15H,2-7,10H2,1H3,(H,17,19). The summed E-state index contributed by atoms with van der Waals surface area (Å²) >= 11 is 0. The average Bonchev–Trinajstić information content (AvgIpc) is 2.94. The first kappa shape index (κ1) is 12.7. The Bertz CT molecular complexity index is 462. The van der Waals surface area contributed by atoms with Crippen LogP contribution in [0, 0.1) is 11.3 Å². The van der Waals surface area contributed by atoms with Crippen LogP contribution in [-0.2, 0) is 18.3 Å². The van der Waals surface area contributed by atoms with Crippen molar-refractivity contribution in [3.63, 3.8) is 0 Å². The maximum atomic E-state index is 12.1. The number of hydrogen-bond acceptors (Lipinski definition) is 3. The lowest BCUT2D eigenvalue weighted by molar-refractivity contribution is -0.123. The van der Waals surface area contributed by atoms with E-state index in [0.29, 0.717) is 12.0 Å². The molecule has 1 amide bonds. The molecule has 0 radical (unpaired) electrons. The highest BCUT2D eigenvalue weighted by atomic mass is 16.2. The third kappa shape index (κ3) is 2.52. The number of nitrogens with one attached hydrogen (secondary N) is 2. The van der Waals surface area contributed by atoms with E-state index in [9.17, 15) is 4.79 Å². The minimum atomic E-state index is 0.246. The van der Waals surface area contributed by atoms with Gasteiger partial charge in [0.2, 0.25) is 5.91 Å². The maximum Gasteiger partial charge on any atom is 0.223 e. The Morgan fingerprint density at radius 2 is 2.37 bits per heavy atom. The Hall–Kier alpha value is -1.36. The van der Waals surface area contributed by atoms with Gasteiger partial charge in [0.1, 0.15) is 5.82 Å². The van der Waals surface area contributed by atoms with Gasteiger partial charge in [0, 0.05) is 38.3 Å². The molecule has 2 fully saturated rings. The highest BCUT2D eigenvalue weighted by Gasteiger charge is 2.57. The predicted molar refractivity (Wildman–Crippen MR) is 72.6 cm³/mol. The molecular formula is C14H22N4O. The number of carbonyl (C=O) groups excluding carboxylic acids is 1. The molecule has 1 spiro atoms. The molecule has 1 saturated heterocycles. The van der Waals surface area contributed by atoms with Gasteiger partial charge in [-0.2, -0.15) is 0 Å². The lowest BCUT2D eigenvalue weighted by atomic mass is 9.92. The Labute approximate surface area is 113 Å². The number of aryl methyl sites for hydroxylation is 1. The summed E-state index contributed by atoms with van der Waals surface area (Å²) < 4.78 is 2.00. The summed E-state index contributed by atoms with van der Waals surface area (Å²) in [5, 5.41) is 6.43. The largest absolute Gasteiger partial charge is 0.355 e. The molecule has 19 heavy (non-hydrogen) atoms. The Kier molecular flexibility index (Phi) is 3.31. The van der Waals surface area contributed by atoms with Gasteiger partial charge in [0.15, 0.2) is 0 Å². The molecule has 1 aliphatic carbocycles. The monoisotopic (exact) mass is 262 g/mol. The van der Waals surface area contributed by atoms with Crippen molar-refractivity contribution in [3.05, 3.63) is 18.2 Å². The van der Waals surface area contributed by atoms with Crippen LogP contribution in [0.2, 0.25) is 0 Å². The fourth-order valence-electron chi connectivity index (χ4n) is 3.25. The van der Waals surface area contributed by atoms with E-state index in [1.54, 1.807) is 6.20 Å². The summed E-state index contributed by atoms with van der Waals surface area (Å²) in [6.07, 6.45) is 7.93. The topological polar surface area (TPSA) is 59.0 Å². The van der Waals surface area contributed by atoms with E-state index in [-0.39, 0.29) is 11.8 Å². The Morgan fingerprint density at radius 1 is 1.58 bits per heavy atom. The molecule has 1 aromatic heterocycles. The van der Waals surface area contributed by atoms with Gasteiger partial charge in [-0.1, -0.05) is 0 Å². The van der Waals surface area contributed by atoms with Crippen LogP contribution in [0.15, 0.2) is 12.4 Å². The van der Waals surface area contributed by atoms with Gasteiger partial charge < -0.3 is 15.2 Å². The summed E-state index contributed by atoms with van der Waals surface area (Å²) in [4.78, 5) is 16.4. The molecule has 3 rings (SSSR count). The number of aromatic nitrogens is 2. The van der Waals surface area contributed by atoms with Crippen molar-refractivity contribution in [2.24, 2.45) is 18.4 Å². The number of rotatable bonds is 4. The molecule has 2 N–H and O–H groups in total. The van der Waals surface area contributed by atoms with Gasteiger partial charge in [-0.3, -0.25) is 4.79 Å². The van der Waals surface area contributed by atoms with Crippen LogP contribution in [0.5, 0.6) is 0 Å². The first-order chi connectivity index (χ1) is 9.21.